The molecular weight excluding hydrogens is 266 g/mol. The van der Waals surface area contributed by atoms with Crippen LogP contribution in [0.2, 0.25) is 0 Å². The van der Waals surface area contributed by atoms with Crippen molar-refractivity contribution in [3.63, 3.8) is 0 Å². The molecule has 0 bridgehead atoms. The third kappa shape index (κ3) is 1.39. The second kappa shape index (κ2) is 3.92. The molecule has 1 aliphatic heterocycles. The minimum atomic E-state index is 0.0905. The van der Waals surface area contributed by atoms with Crippen LogP contribution in [0.25, 0.3) is 11.1 Å². The van der Waals surface area contributed by atoms with Gasteiger partial charge in [-0.25, -0.2) is 0 Å². The molecule has 0 radical (unpaired) electrons. The molecule has 0 fully saturated rings. The number of hydrogen-bond acceptors (Lipinski definition) is 1. The van der Waals surface area contributed by atoms with Crippen LogP contribution >= 0.6 is 0 Å². The second-order valence-corrected chi connectivity index (χ2v) is 7.12. The molecule has 2 atom stereocenters. The molecule has 1 heteroatoms. The molecule has 0 spiro atoms. The Bertz CT molecular complexity index is 854. The number of nitrogens with one attached hydrogen (secondary N) is 1. The molecule has 22 heavy (non-hydrogen) atoms. The maximum atomic E-state index is 3.69. The fraction of sp³-hybridized carbons (Fsp3) is 0.238. The van der Waals surface area contributed by atoms with Gasteiger partial charge in [0.05, 0.1) is 6.04 Å². The Hall–Kier alpha value is -2.28. The van der Waals surface area contributed by atoms with Gasteiger partial charge in [0.25, 0.3) is 0 Å². The van der Waals surface area contributed by atoms with Crippen molar-refractivity contribution in [2.75, 3.05) is 5.32 Å². The highest BCUT2D eigenvalue weighted by Gasteiger charge is 2.38. The maximum Gasteiger partial charge on any atom is 0.0551 e. The van der Waals surface area contributed by atoms with E-state index in [1.807, 2.05) is 0 Å². The van der Waals surface area contributed by atoms with Crippen LogP contribution in [-0.2, 0) is 5.41 Å². The quantitative estimate of drug-likeness (QED) is 0.718. The van der Waals surface area contributed by atoms with Gasteiger partial charge in [-0.15, -0.1) is 0 Å². The van der Waals surface area contributed by atoms with Crippen molar-refractivity contribution in [3.05, 3.63) is 77.4 Å². The van der Waals surface area contributed by atoms with E-state index in [2.05, 4.69) is 79.9 Å². The molecule has 2 aromatic rings. The topological polar surface area (TPSA) is 12.0 Å². The Balaban J connectivity index is 1.76. The molecule has 2 unspecified atom stereocenters. The van der Waals surface area contributed by atoms with Crippen molar-refractivity contribution in [2.45, 2.75) is 31.2 Å². The molecular formula is C21H19N. The van der Waals surface area contributed by atoms with Crippen molar-refractivity contribution in [1.82, 2.24) is 0 Å². The van der Waals surface area contributed by atoms with Crippen LogP contribution in [0.4, 0.5) is 5.69 Å². The highest BCUT2D eigenvalue weighted by Crippen LogP contribution is 2.52. The molecule has 0 saturated carbocycles. The predicted octanol–water partition coefficient (Wildman–Crippen LogP) is 5.00. The molecule has 1 heterocycles. The molecule has 2 aromatic carbocycles. The van der Waals surface area contributed by atoms with E-state index in [1.165, 1.54) is 33.5 Å². The van der Waals surface area contributed by atoms with E-state index in [9.17, 15) is 0 Å². The number of rotatable bonds is 0. The molecule has 1 N–H and O–H groups in total. The van der Waals surface area contributed by atoms with Gasteiger partial charge in [-0.3, -0.25) is 0 Å². The molecule has 1 nitrogen and oxygen atoms in total. The molecule has 0 aromatic heterocycles. The van der Waals surface area contributed by atoms with Gasteiger partial charge in [0.15, 0.2) is 0 Å². The number of allylic oxidation sites excluding steroid dienone is 2. The number of benzene rings is 2. The van der Waals surface area contributed by atoms with Crippen LogP contribution in [0, 0.1) is 0 Å². The average Bonchev–Trinajstić information content (AvgIpc) is 3.00. The first kappa shape index (κ1) is 12.3. The van der Waals surface area contributed by atoms with E-state index >= 15 is 0 Å². The summed E-state index contributed by atoms with van der Waals surface area (Å²) in [6, 6.07) is 14.1. The van der Waals surface area contributed by atoms with E-state index in [0.29, 0.717) is 12.0 Å². The standard InChI is InChI=1S/C21H19N/c1-21(2)17-9-5-3-7-13(17)15-12-20-16(11-18(15)21)14-8-4-6-10-19(14)22-20/h3-12,14,19,22H,1-2H3. The van der Waals surface area contributed by atoms with Gasteiger partial charge >= 0.3 is 0 Å². The second-order valence-electron chi connectivity index (χ2n) is 7.12. The monoisotopic (exact) mass is 285 g/mol. The van der Waals surface area contributed by atoms with Crippen molar-refractivity contribution in [3.8, 4) is 11.1 Å². The van der Waals surface area contributed by atoms with Gasteiger partial charge in [-0.2, -0.15) is 0 Å². The number of fused-ring (bicyclic) bond motifs is 6. The predicted molar refractivity (Wildman–Crippen MR) is 92.4 cm³/mol. The SMILES string of the molecule is CC1(C)c2ccccc2-c2cc3c(cc21)C1C=CC=CC1N3. The normalized spacial score (nSPS) is 25.2. The van der Waals surface area contributed by atoms with Gasteiger partial charge in [-0.05, 0) is 33.9 Å². The smallest absolute Gasteiger partial charge is 0.0551 e. The highest BCUT2D eigenvalue weighted by molar-refractivity contribution is 5.85. The Kier molecular flexibility index (Phi) is 2.19. The first-order valence-electron chi connectivity index (χ1n) is 8.06. The summed E-state index contributed by atoms with van der Waals surface area (Å²) in [5, 5.41) is 3.69. The summed E-state index contributed by atoms with van der Waals surface area (Å²) < 4.78 is 0. The Labute approximate surface area is 131 Å². The van der Waals surface area contributed by atoms with E-state index in [-0.39, 0.29) is 5.41 Å². The van der Waals surface area contributed by atoms with Gasteiger partial charge in [0.1, 0.15) is 0 Å². The summed E-state index contributed by atoms with van der Waals surface area (Å²) in [5.74, 6) is 0.477. The van der Waals surface area contributed by atoms with Gasteiger partial charge in [0, 0.05) is 17.0 Å². The number of hydrogen-bond donors (Lipinski definition) is 1. The maximum absolute atomic E-state index is 3.69. The Morgan fingerprint density at radius 3 is 2.64 bits per heavy atom. The van der Waals surface area contributed by atoms with Crippen LogP contribution in [0.3, 0.4) is 0 Å². The summed E-state index contributed by atoms with van der Waals surface area (Å²) >= 11 is 0. The highest BCUT2D eigenvalue weighted by atomic mass is 15.0. The van der Waals surface area contributed by atoms with Gasteiger partial charge in [0.2, 0.25) is 0 Å². The first-order chi connectivity index (χ1) is 10.7. The van der Waals surface area contributed by atoms with Gasteiger partial charge < -0.3 is 5.32 Å². The third-order valence-electron chi connectivity index (χ3n) is 5.57. The molecule has 108 valence electrons. The summed E-state index contributed by atoms with van der Waals surface area (Å²) in [6.07, 6.45) is 8.91. The van der Waals surface area contributed by atoms with Crippen molar-refractivity contribution in [2.24, 2.45) is 0 Å². The molecule has 3 aliphatic rings. The van der Waals surface area contributed by atoms with Crippen molar-refractivity contribution in [1.29, 1.82) is 0 Å². The van der Waals surface area contributed by atoms with Crippen LogP contribution in [0.15, 0.2) is 60.7 Å². The number of anilines is 1. The van der Waals surface area contributed by atoms with E-state index in [1.54, 1.807) is 0 Å². The zero-order valence-electron chi connectivity index (χ0n) is 12.9. The average molecular weight is 285 g/mol. The van der Waals surface area contributed by atoms with E-state index in [0.717, 1.165) is 0 Å². The lowest BCUT2D eigenvalue weighted by Gasteiger charge is -2.22. The Morgan fingerprint density at radius 1 is 0.909 bits per heavy atom. The fourth-order valence-electron chi connectivity index (χ4n) is 4.39. The zero-order valence-corrected chi connectivity index (χ0v) is 12.9. The van der Waals surface area contributed by atoms with E-state index in [4.69, 9.17) is 0 Å². The summed E-state index contributed by atoms with van der Waals surface area (Å²) in [4.78, 5) is 0. The summed E-state index contributed by atoms with van der Waals surface area (Å²) in [7, 11) is 0. The molecule has 0 saturated heterocycles. The first-order valence-corrected chi connectivity index (χ1v) is 8.06. The van der Waals surface area contributed by atoms with Crippen molar-refractivity contribution < 1.29 is 0 Å². The zero-order chi connectivity index (χ0) is 14.9. The Morgan fingerprint density at radius 2 is 1.73 bits per heavy atom. The van der Waals surface area contributed by atoms with Crippen LogP contribution in [0.5, 0.6) is 0 Å². The van der Waals surface area contributed by atoms with Gasteiger partial charge in [-0.1, -0.05) is 68.5 Å². The van der Waals surface area contributed by atoms with Crippen LogP contribution < -0.4 is 5.32 Å². The fourth-order valence-corrected chi connectivity index (χ4v) is 4.39. The third-order valence-corrected chi connectivity index (χ3v) is 5.57. The lowest BCUT2D eigenvalue weighted by atomic mass is 9.80. The van der Waals surface area contributed by atoms with E-state index < -0.39 is 0 Å². The molecule has 2 aliphatic carbocycles. The van der Waals surface area contributed by atoms with Crippen LogP contribution in [0.1, 0.15) is 36.5 Å². The largest absolute Gasteiger partial charge is 0.378 e. The molecule has 0 amide bonds. The summed E-state index contributed by atoms with van der Waals surface area (Å²) in [6.45, 7) is 4.70. The van der Waals surface area contributed by atoms with Crippen molar-refractivity contribution >= 4 is 5.69 Å². The lowest BCUT2D eigenvalue weighted by molar-refractivity contribution is 0.658. The lowest BCUT2D eigenvalue weighted by Crippen LogP contribution is -2.18. The van der Waals surface area contributed by atoms with Crippen LogP contribution in [-0.4, -0.2) is 6.04 Å². The minimum Gasteiger partial charge on any atom is -0.378 e. The minimum absolute atomic E-state index is 0.0905. The summed E-state index contributed by atoms with van der Waals surface area (Å²) in [5.41, 5.74) is 8.56. The molecule has 5 rings (SSSR count).